The van der Waals surface area contributed by atoms with Crippen LogP contribution in [0.25, 0.3) is 22.6 Å². The number of amidine groups is 2. The standard InChI is InChI=1S/C28H20Br2N6O/c29-21-15-17(35-27(31)23-5-1-3-13-33-23)7-9-19(21)25-11-12-26(37-25)20-10-8-18(16-22(20)30)36-28(32)24-6-2-4-14-34-24/h1-16H,(H2,31,35)(H2,32,36). The van der Waals surface area contributed by atoms with Crippen LogP contribution >= 0.6 is 31.9 Å². The maximum absolute atomic E-state index is 6.20. The Hall–Kier alpha value is -4.08. The molecule has 0 aliphatic carbocycles. The van der Waals surface area contributed by atoms with Gasteiger partial charge in [-0.3, -0.25) is 9.97 Å². The molecular formula is C28H20Br2N6O. The SMILES string of the molecule is NC(=Nc1ccc(-c2ccc(-c3ccc(N=C(N)c4ccccn4)cc3Br)o2)c(Br)c1)c1ccccn1. The van der Waals surface area contributed by atoms with E-state index in [-0.39, 0.29) is 0 Å². The van der Waals surface area contributed by atoms with E-state index < -0.39 is 0 Å². The van der Waals surface area contributed by atoms with Crippen LogP contribution in [0.2, 0.25) is 0 Å². The largest absolute Gasteiger partial charge is 0.456 e. The predicted molar refractivity (Wildman–Crippen MR) is 154 cm³/mol. The van der Waals surface area contributed by atoms with E-state index in [0.717, 1.165) is 20.1 Å². The topological polar surface area (TPSA) is 116 Å². The number of halogens is 2. The Balaban J connectivity index is 1.37. The maximum Gasteiger partial charge on any atom is 0.150 e. The Bertz CT molecular complexity index is 1500. The van der Waals surface area contributed by atoms with Gasteiger partial charge in [0, 0.05) is 32.5 Å². The normalized spacial score (nSPS) is 12.1. The Kier molecular flexibility index (Phi) is 7.25. The fourth-order valence-corrected chi connectivity index (χ4v) is 4.72. The molecule has 7 nitrogen and oxygen atoms in total. The lowest BCUT2D eigenvalue weighted by molar-refractivity contribution is 0.597. The number of pyridine rings is 2. The van der Waals surface area contributed by atoms with Crippen molar-refractivity contribution in [3.8, 4) is 22.6 Å². The minimum absolute atomic E-state index is 0.347. The van der Waals surface area contributed by atoms with Crippen molar-refractivity contribution in [2.24, 2.45) is 21.5 Å². The summed E-state index contributed by atoms with van der Waals surface area (Å²) in [5, 5.41) is 0. The number of aliphatic imine (C=N–C) groups is 2. The van der Waals surface area contributed by atoms with Crippen LogP contribution in [0.15, 0.2) is 121 Å². The van der Waals surface area contributed by atoms with Gasteiger partial charge in [-0.2, -0.15) is 0 Å². The first-order valence-corrected chi connectivity index (χ1v) is 12.8. The minimum Gasteiger partial charge on any atom is -0.456 e. The molecule has 5 aromatic rings. The summed E-state index contributed by atoms with van der Waals surface area (Å²) in [4.78, 5) is 17.4. The summed E-state index contributed by atoms with van der Waals surface area (Å²) in [6.07, 6.45) is 3.37. The molecule has 0 aliphatic rings. The van der Waals surface area contributed by atoms with Crippen molar-refractivity contribution in [3.63, 3.8) is 0 Å². The van der Waals surface area contributed by atoms with Gasteiger partial charge in [-0.05, 0) is 105 Å². The van der Waals surface area contributed by atoms with Gasteiger partial charge in [0.15, 0.2) is 0 Å². The lowest BCUT2D eigenvalue weighted by atomic mass is 10.1. The van der Waals surface area contributed by atoms with Crippen molar-refractivity contribution in [2.45, 2.75) is 0 Å². The smallest absolute Gasteiger partial charge is 0.150 e. The van der Waals surface area contributed by atoms with E-state index in [9.17, 15) is 0 Å². The highest BCUT2D eigenvalue weighted by molar-refractivity contribution is 9.11. The summed E-state index contributed by atoms with van der Waals surface area (Å²) in [5.74, 6) is 2.12. The molecule has 37 heavy (non-hydrogen) atoms. The second kappa shape index (κ2) is 10.9. The van der Waals surface area contributed by atoms with Crippen LogP contribution in [-0.4, -0.2) is 21.6 Å². The monoisotopic (exact) mass is 614 g/mol. The van der Waals surface area contributed by atoms with E-state index in [4.69, 9.17) is 15.9 Å². The molecule has 0 aliphatic heterocycles. The Morgan fingerprint density at radius 1 is 0.622 bits per heavy atom. The zero-order valence-corrected chi connectivity index (χ0v) is 22.5. The van der Waals surface area contributed by atoms with Crippen molar-refractivity contribution in [1.29, 1.82) is 0 Å². The van der Waals surface area contributed by atoms with Crippen LogP contribution in [0.3, 0.4) is 0 Å². The van der Waals surface area contributed by atoms with E-state index in [1.54, 1.807) is 12.4 Å². The number of benzene rings is 2. The lowest BCUT2D eigenvalue weighted by Crippen LogP contribution is -2.14. The van der Waals surface area contributed by atoms with Gasteiger partial charge in [-0.1, -0.05) is 12.1 Å². The summed E-state index contributed by atoms with van der Waals surface area (Å²) in [6.45, 7) is 0. The first kappa shape index (κ1) is 24.6. The quantitative estimate of drug-likeness (QED) is 0.158. The molecule has 5 rings (SSSR count). The Morgan fingerprint density at radius 2 is 1.08 bits per heavy atom. The number of hydrogen-bond donors (Lipinski definition) is 2. The third-order valence-corrected chi connectivity index (χ3v) is 6.71. The molecule has 0 saturated carbocycles. The highest BCUT2D eigenvalue weighted by Crippen LogP contribution is 2.38. The minimum atomic E-state index is 0.347. The van der Waals surface area contributed by atoms with E-state index in [1.165, 1.54) is 0 Å². The van der Waals surface area contributed by atoms with Crippen LogP contribution in [0.5, 0.6) is 0 Å². The first-order chi connectivity index (χ1) is 18.0. The van der Waals surface area contributed by atoms with Crippen LogP contribution in [-0.2, 0) is 0 Å². The van der Waals surface area contributed by atoms with Crippen molar-refractivity contribution < 1.29 is 4.42 Å². The van der Waals surface area contributed by atoms with Gasteiger partial charge < -0.3 is 15.9 Å². The van der Waals surface area contributed by atoms with Gasteiger partial charge in [-0.25, -0.2) is 9.98 Å². The Labute approximate surface area is 230 Å². The molecule has 2 aromatic carbocycles. The predicted octanol–water partition coefficient (Wildman–Crippen LogP) is 7.00. The number of rotatable bonds is 6. The van der Waals surface area contributed by atoms with Crippen molar-refractivity contribution in [3.05, 3.63) is 118 Å². The maximum atomic E-state index is 6.20. The molecule has 0 radical (unpaired) electrons. The third-order valence-electron chi connectivity index (χ3n) is 5.40. The van der Waals surface area contributed by atoms with Crippen molar-refractivity contribution in [1.82, 2.24) is 9.97 Å². The molecule has 0 fully saturated rings. The summed E-state index contributed by atoms with van der Waals surface area (Å²) in [6, 6.07) is 26.3. The summed E-state index contributed by atoms with van der Waals surface area (Å²) in [7, 11) is 0. The highest BCUT2D eigenvalue weighted by atomic mass is 79.9. The lowest BCUT2D eigenvalue weighted by Gasteiger charge is -2.06. The van der Waals surface area contributed by atoms with Gasteiger partial charge in [-0.15, -0.1) is 0 Å². The van der Waals surface area contributed by atoms with E-state index in [2.05, 4.69) is 51.8 Å². The molecule has 0 spiro atoms. The number of nitrogens with two attached hydrogens (primary N) is 2. The highest BCUT2D eigenvalue weighted by Gasteiger charge is 2.13. The van der Waals surface area contributed by atoms with E-state index in [1.807, 2.05) is 84.9 Å². The fourth-order valence-electron chi connectivity index (χ4n) is 3.60. The van der Waals surface area contributed by atoms with Gasteiger partial charge in [0.05, 0.1) is 11.4 Å². The molecule has 0 unspecified atom stereocenters. The zero-order chi connectivity index (χ0) is 25.8. The third kappa shape index (κ3) is 5.68. The van der Waals surface area contributed by atoms with Gasteiger partial charge in [0.25, 0.3) is 0 Å². The summed E-state index contributed by atoms with van der Waals surface area (Å²) in [5.41, 5.74) is 16.7. The molecule has 3 aromatic heterocycles. The second-order valence-electron chi connectivity index (χ2n) is 7.92. The van der Waals surface area contributed by atoms with Crippen LogP contribution in [0.1, 0.15) is 11.4 Å². The average Bonchev–Trinajstić information content (AvgIpc) is 3.39. The molecule has 4 N–H and O–H groups in total. The van der Waals surface area contributed by atoms with Gasteiger partial charge in [0.2, 0.25) is 0 Å². The second-order valence-corrected chi connectivity index (χ2v) is 9.62. The summed E-state index contributed by atoms with van der Waals surface area (Å²) < 4.78 is 7.86. The molecule has 0 bridgehead atoms. The fraction of sp³-hybridized carbons (Fsp3) is 0. The molecule has 0 amide bonds. The molecule has 3 heterocycles. The first-order valence-electron chi connectivity index (χ1n) is 11.2. The van der Waals surface area contributed by atoms with Crippen LogP contribution in [0, 0.1) is 0 Å². The van der Waals surface area contributed by atoms with Gasteiger partial charge in [0.1, 0.15) is 34.6 Å². The van der Waals surface area contributed by atoms with Crippen LogP contribution < -0.4 is 11.5 Å². The average molecular weight is 616 g/mol. The van der Waals surface area contributed by atoms with Crippen LogP contribution in [0.4, 0.5) is 11.4 Å². The molecule has 0 saturated heterocycles. The number of hydrogen-bond acceptors (Lipinski definition) is 5. The zero-order valence-electron chi connectivity index (χ0n) is 19.3. The molecule has 182 valence electrons. The number of furan rings is 1. The molecule has 9 heteroatoms. The number of nitrogens with zero attached hydrogens (tertiary/aromatic N) is 4. The molecular weight excluding hydrogens is 596 g/mol. The van der Waals surface area contributed by atoms with E-state index >= 15 is 0 Å². The van der Waals surface area contributed by atoms with Crippen molar-refractivity contribution >= 4 is 54.9 Å². The number of aromatic nitrogens is 2. The summed E-state index contributed by atoms with van der Waals surface area (Å²) >= 11 is 7.27. The molecule has 0 atom stereocenters. The van der Waals surface area contributed by atoms with Gasteiger partial charge >= 0.3 is 0 Å². The Morgan fingerprint density at radius 3 is 1.46 bits per heavy atom. The van der Waals surface area contributed by atoms with Crippen molar-refractivity contribution in [2.75, 3.05) is 0 Å². The van der Waals surface area contributed by atoms with E-state index in [0.29, 0.717) is 46.0 Å².